The van der Waals surface area contributed by atoms with Crippen molar-refractivity contribution in [2.75, 3.05) is 19.6 Å². The molecule has 1 saturated heterocycles. The Labute approximate surface area is 135 Å². The van der Waals surface area contributed by atoms with Gasteiger partial charge in [0, 0.05) is 5.41 Å². The Morgan fingerprint density at radius 1 is 0.818 bits per heavy atom. The normalized spacial score (nSPS) is 18.2. The molecule has 0 bridgehead atoms. The molecule has 1 aliphatic heterocycles. The summed E-state index contributed by atoms with van der Waals surface area (Å²) in [4.78, 5) is 2.61. The second kappa shape index (κ2) is 7.11. The van der Waals surface area contributed by atoms with E-state index in [0.717, 1.165) is 6.42 Å². The van der Waals surface area contributed by atoms with E-state index in [2.05, 4.69) is 72.5 Å². The molecule has 1 heteroatoms. The first-order chi connectivity index (χ1) is 10.8. The van der Waals surface area contributed by atoms with Crippen LogP contribution >= 0.6 is 0 Å². The number of unbranched alkanes of at least 4 members (excludes halogenated alkanes) is 1. The molecule has 0 atom stereocenters. The lowest BCUT2D eigenvalue weighted by Crippen LogP contribution is -2.43. The van der Waals surface area contributed by atoms with E-state index in [1.807, 2.05) is 0 Å². The zero-order valence-electron chi connectivity index (χ0n) is 13.4. The molecule has 0 N–H and O–H groups in total. The van der Waals surface area contributed by atoms with E-state index in [-0.39, 0.29) is 5.41 Å². The maximum atomic E-state index is 3.97. The fraction of sp³-hybridized carbons (Fsp3) is 0.381. The molecule has 2 aromatic carbocycles. The maximum absolute atomic E-state index is 3.97. The molecular weight excluding hydrogens is 266 g/mol. The van der Waals surface area contributed by atoms with Crippen LogP contribution in [-0.4, -0.2) is 24.5 Å². The number of nitrogens with zero attached hydrogens (tertiary/aromatic N) is 1. The van der Waals surface area contributed by atoms with Gasteiger partial charge in [-0.1, -0.05) is 74.0 Å². The summed E-state index contributed by atoms with van der Waals surface area (Å²) in [5.74, 6) is 0. The molecule has 1 nitrogen and oxygen atoms in total. The van der Waals surface area contributed by atoms with Crippen molar-refractivity contribution in [2.24, 2.45) is 0 Å². The number of hydrogen-bond acceptors (Lipinski definition) is 1. The van der Waals surface area contributed by atoms with Gasteiger partial charge in [0.1, 0.15) is 0 Å². The van der Waals surface area contributed by atoms with Gasteiger partial charge >= 0.3 is 0 Å². The van der Waals surface area contributed by atoms with Gasteiger partial charge in [-0.05, 0) is 50.0 Å². The predicted molar refractivity (Wildman–Crippen MR) is 93.9 cm³/mol. The molecule has 3 rings (SSSR count). The smallest absolute Gasteiger partial charge is 0.0227 e. The standard InChI is InChI=1S/C21H26N/c1-2-3-16-22-17-14-21(15-18-22,19-10-6-4-7-11-19)20-12-8-5-9-13-20/h4-13H,1-3,14-18H2. The third kappa shape index (κ3) is 3.10. The van der Waals surface area contributed by atoms with Gasteiger partial charge in [0.05, 0.1) is 0 Å². The van der Waals surface area contributed by atoms with Gasteiger partial charge < -0.3 is 4.90 Å². The molecule has 22 heavy (non-hydrogen) atoms. The first-order valence-electron chi connectivity index (χ1n) is 8.48. The molecule has 0 amide bonds. The van der Waals surface area contributed by atoms with Crippen molar-refractivity contribution in [3.8, 4) is 0 Å². The van der Waals surface area contributed by atoms with Crippen LogP contribution in [0.2, 0.25) is 0 Å². The summed E-state index contributed by atoms with van der Waals surface area (Å²) in [7, 11) is 0. The monoisotopic (exact) mass is 292 g/mol. The third-order valence-electron chi connectivity index (χ3n) is 5.09. The minimum Gasteiger partial charge on any atom is -0.303 e. The summed E-state index contributed by atoms with van der Waals surface area (Å²) >= 11 is 0. The average molecular weight is 292 g/mol. The Bertz CT molecular complexity index is 511. The zero-order chi connectivity index (χ0) is 15.3. The van der Waals surface area contributed by atoms with Gasteiger partial charge in [0.25, 0.3) is 0 Å². The molecule has 1 fully saturated rings. The van der Waals surface area contributed by atoms with Crippen LogP contribution in [0, 0.1) is 6.92 Å². The molecule has 0 spiro atoms. The quantitative estimate of drug-likeness (QED) is 0.773. The largest absolute Gasteiger partial charge is 0.303 e. The Kier molecular flexibility index (Phi) is 4.94. The first-order valence-corrected chi connectivity index (χ1v) is 8.48. The van der Waals surface area contributed by atoms with E-state index >= 15 is 0 Å². The highest BCUT2D eigenvalue weighted by Gasteiger charge is 2.37. The van der Waals surface area contributed by atoms with Crippen LogP contribution in [0.1, 0.15) is 36.8 Å². The Hall–Kier alpha value is -1.60. The molecule has 0 saturated carbocycles. The lowest BCUT2D eigenvalue weighted by molar-refractivity contribution is 0.178. The van der Waals surface area contributed by atoms with Gasteiger partial charge in [0.2, 0.25) is 0 Å². The van der Waals surface area contributed by atoms with Crippen molar-refractivity contribution >= 4 is 0 Å². The fourth-order valence-corrected chi connectivity index (χ4v) is 3.75. The lowest BCUT2D eigenvalue weighted by atomic mass is 9.68. The predicted octanol–water partition coefficient (Wildman–Crippen LogP) is 4.68. The molecule has 0 unspecified atom stereocenters. The van der Waals surface area contributed by atoms with E-state index in [1.54, 1.807) is 0 Å². The first kappa shape index (κ1) is 15.3. The fourth-order valence-electron chi connectivity index (χ4n) is 3.75. The SMILES string of the molecule is [CH2]CCCN1CCC(c2ccccc2)(c2ccccc2)CC1. The molecule has 2 aromatic rings. The summed E-state index contributed by atoms with van der Waals surface area (Å²) in [6, 6.07) is 22.2. The maximum Gasteiger partial charge on any atom is 0.0227 e. The van der Waals surface area contributed by atoms with Gasteiger partial charge in [-0.3, -0.25) is 0 Å². The lowest BCUT2D eigenvalue weighted by Gasteiger charge is -2.43. The number of rotatable bonds is 5. The van der Waals surface area contributed by atoms with Crippen molar-refractivity contribution in [3.63, 3.8) is 0 Å². The van der Waals surface area contributed by atoms with Crippen LogP contribution < -0.4 is 0 Å². The van der Waals surface area contributed by atoms with E-state index < -0.39 is 0 Å². The van der Waals surface area contributed by atoms with Gasteiger partial charge in [0.15, 0.2) is 0 Å². The zero-order valence-corrected chi connectivity index (χ0v) is 13.4. The number of hydrogen-bond donors (Lipinski definition) is 0. The van der Waals surface area contributed by atoms with Crippen molar-refractivity contribution in [1.29, 1.82) is 0 Å². The third-order valence-corrected chi connectivity index (χ3v) is 5.09. The topological polar surface area (TPSA) is 3.24 Å². The van der Waals surface area contributed by atoms with Crippen LogP contribution in [0.15, 0.2) is 60.7 Å². The Morgan fingerprint density at radius 3 is 1.77 bits per heavy atom. The van der Waals surface area contributed by atoms with E-state index in [0.29, 0.717) is 0 Å². The average Bonchev–Trinajstić information content (AvgIpc) is 2.62. The molecule has 0 aliphatic carbocycles. The summed E-state index contributed by atoms with van der Waals surface area (Å²) in [5.41, 5.74) is 3.12. The summed E-state index contributed by atoms with van der Waals surface area (Å²) in [6.45, 7) is 7.53. The summed E-state index contributed by atoms with van der Waals surface area (Å²) < 4.78 is 0. The Balaban J connectivity index is 1.87. The molecule has 115 valence electrons. The molecule has 1 radical (unpaired) electrons. The second-order valence-electron chi connectivity index (χ2n) is 6.36. The number of benzene rings is 2. The van der Waals surface area contributed by atoms with Crippen molar-refractivity contribution in [3.05, 3.63) is 78.7 Å². The van der Waals surface area contributed by atoms with E-state index in [4.69, 9.17) is 0 Å². The van der Waals surface area contributed by atoms with Crippen molar-refractivity contribution < 1.29 is 0 Å². The van der Waals surface area contributed by atoms with Crippen LogP contribution in [0.4, 0.5) is 0 Å². The van der Waals surface area contributed by atoms with Crippen molar-refractivity contribution in [1.82, 2.24) is 4.90 Å². The highest BCUT2D eigenvalue weighted by atomic mass is 15.1. The molecule has 1 heterocycles. The summed E-state index contributed by atoms with van der Waals surface area (Å²) in [5, 5.41) is 0. The van der Waals surface area contributed by atoms with Gasteiger partial charge in [-0.2, -0.15) is 0 Å². The van der Waals surface area contributed by atoms with Crippen LogP contribution in [0.3, 0.4) is 0 Å². The second-order valence-corrected chi connectivity index (χ2v) is 6.36. The van der Waals surface area contributed by atoms with Crippen LogP contribution in [0.5, 0.6) is 0 Å². The minimum atomic E-state index is 0.184. The number of piperidine rings is 1. The van der Waals surface area contributed by atoms with E-state index in [9.17, 15) is 0 Å². The number of likely N-dealkylation sites (tertiary alicyclic amines) is 1. The summed E-state index contributed by atoms with van der Waals surface area (Å²) in [6.07, 6.45) is 4.67. The highest BCUT2D eigenvalue weighted by Crippen LogP contribution is 2.41. The molecular formula is C21H26N. The molecule has 0 aromatic heterocycles. The molecule has 1 aliphatic rings. The van der Waals surface area contributed by atoms with Gasteiger partial charge in [-0.15, -0.1) is 0 Å². The highest BCUT2D eigenvalue weighted by molar-refractivity contribution is 5.40. The van der Waals surface area contributed by atoms with Crippen molar-refractivity contribution in [2.45, 2.75) is 31.1 Å². The Morgan fingerprint density at radius 2 is 1.32 bits per heavy atom. The minimum absolute atomic E-state index is 0.184. The van der Waals surface area contributed by atoms with Crippen LogP contribution in [0.25, 0.3) is 0 Å². The van der Waals surface area contributed by atoms with Crippen LogP contribution in [-0.2, 0) is 5.41 Å². The van der Waals surface area contributed by atoms with E-state index in [1.165, 1.54) is 50.0 Å². The van der Waals surface area contributed by atoms with Gasteiger partial charge in [-0.25, -0.2) is 0 Å².